The van der Waals surface area contributed by atoms with Crippen LogP contribution in [0.3, 0.4) is 0 Å². The second-order valence-corrected chi connectivity index (χ2v) is 14.0. The van der Waals surface area contributed by atoms with Gasteiger partial charge in [-0.15, -0.1) is 22.7 Å². The van der Waals surface area contributed by atoms with Crippen LogP contribution in [0.5, 0.6) is 0 Å². The van der Waals surface area contributed by atoms with E-state index < -0.39 is 0 Å². The summed E-state index contributed by atoms with van der Waals surface area (Å²) in [7, 11) is 0. The van der Waals surface area contributed by atoms with Gasteiger partial charge in [0.05, 0.1) is 16.3 Å². The Morgan fingerprint density at radius 1 is 0.468 bits per heavy atom. The minimum Gasteiger partial charge on any atom is -0.310 e. The summed E-state index contributed by atoms with van der Waals surface area (Å²) in [6, 6.07) is 57.0. The minimum absolute atomic E-state index is 1.06. The van der Waals surface area contributed by atoms with E-state index in [-0.39, 0.29) is 0 Å². The molecule has 0 unspecified atom stereocenters. The zero-order valence-corrected chi connectivity index (χ0v) is 26.9. The molecule has 9 aromatic rings. The number of hydrogen-bond donors (Lipinski definition) is 0. The number of thiazole rings is 1. The van der Waals surface area contributed by atoms with Gasteiger partial charge >= 0.3 is 0 Å². The van der Waals surface area contributed by atoms with E-state index in [1.54, 1.807) is 11.3 Å². The summed E-state index contributed by atoms with van der Waals surface area (Å²) in [6.07, 6.45) is 0. The fraction of sp³-hybridized carbons (Fsp3) is 0. The summed E-state index contributed by atoms with van der Waals surface area (Å²) in [5.41, 5.74) is 10.6. The first kappa shape index (κ1) is 26.6. The van der Waals surface area contributed by atoms with E-state index >= 15 is 0 Å². The van der Waals surface area contributed by atoms with E-state index in [1.807, 2.05) is 11.3 Å². The molecular formula is C43H26N2S2. The largest absolute Gasteiger partial charge is 0.310 e. The summed E-state index contributed by atoms with van der Waals surface area (Å²) < 4.78 is 2.59. The summed E-state index contributed by atoms with van der Waals surface area (Å²) in [5.74, 6) is 0. The van der Waals surface area contributed by atoms with Crippen molar-refractivity contribution in [2.24, 2.45) is 0 Å². The summed E-state index contributed by atoms with van der Waals surface area (Å²) in [6.45, 7) is 0. The van der Waals surface area contributed by atoms with Gasteiger partial charge in [-0.1, -0.05) is 115 Å². The van der Waals surface area contributed by atoms with E-state index in [0.29, 0.717) is 0 Å². The second-order valence-electron chi connectivity index (χ2n) is 12.0. The van der Waals surface area contributed by atoms with Crippen molar-refractivity contribution in [2.75, 3.05) is 4.90 Å². The standard InChI is InChI=1S/C43H26N2S2/c1-3-11-27(12-4-1)28-21-23-31(24-22-28)45(36-18-10-20-38-40(36)33-16-7-8-19-37(33)46-38)32-25-30-15-9-17-34-39(30)35(26-32)41-42(34)47-43(44-41)29-13-5-2-6-14-29/h1-26H. The molecule has 4 heteroatoms. The van der Waals surface area contributed by atoms with E-state index in [9.17, 15) is 0 Å². The number of anilines is 3. The topological polar surface area (TPSA) is 16.1 Å². The number of nitrogens with zero attached hydrogens (tertiary/aromatic N) is 2. The zero-order valence-electron chi connectivity index (χ0n) is 25.2. The molecule has 47 heavy (non-hydrogen) atoms. The molecule has 0 N–H and O–H groups in total. The van der Waals surface area contributed by atoms with Crippen molar-refractivity contribution in [2.45, 2.75) is 0 Å². The Morgan fingerprint density at radius 2 is 1.17 bits per heavy atom. The average Bonchev–Trinajstić information content (AvgIpc) is 3.82. The van der Waals surface area contributed by atoms with Crippen LogP contribution in [0.25, 0.3) is 74.3 Å². The number of benzene rings is 7. The highest BCUT2D eigenvalue weighted by Crippen LogP contribution is 2.54. The lowest BCUT2D eigenvalue weighted by atomic mass is 10.0. The molecule has 10 rings (SSSR count). The van der Waals surface area contributed by atoms with E-state index in [0.717, 1.165) is 27.6 Å². The number of thiophene rings is 1. The van der Waals surface area contributed by atoms with Gasteiger partial charge in [0.25, 0.3) is 0 Å². The van der Waals surface area contributed by atoms with Gasteiger partial charge in [0.2, 0.25) is 0 Å². The third kappa shape index (κ3) is 4.19. The Hall–Kier alpha value is -5.55. The van der Waals surface area contributed by atoms with E-state index in [2.05, 4.69) is 163 Å². The number of fused-ring (bicyclic) bond motifs is 6. The van der Waals surface area contributed by atoms with Crippen LogP contribution in [0.15, 0.2) is 158 Å². The number of rotatable bonds is 5. The molecule has 220 valence electrons. The quantitative estimate of drug-likeness (QED) is 0.187. The third-order valence-electron chi connectivity index (χ3n) is 9.22. The Morgan fingerprint density at radius 3 is 2.00 bits per heavy atom. The molecule has 0 aliphatic heterocycles. The molecule has 2 heterocycles. The molecule has 0 saturated carbocycles. The maximum Gasteiger partial charge on any atom is 0.124 e. The van der Waals surface area contributed by atoms with Crippen molar-refractivity contribution >= 4 is 70.7 Å². The smallest absolute Gasteiger partial charge is 0.124 e. The molecule has 0 spiro atoms. The predicted octanol–water partition coefficient (Wildman–Crippen LogP) is 13.1. The lowest BCUT2D eigenvalue weighted by Gasteiger charge is -2.27. The monoisotopic (exact) mass is 634 g/mol. The minimum atomic E-state index is 1.06. The number of hydrogen-bond acceptors (Lipinski definition) is 4. The SMILES string of the molecule is c1ccc(-c2ccc(N(c3cc4c5c(cccc5c3)-c3sc(-c5ccccc5)nc3-4)c3cccc4sc5ccccc5c34)cc2)cc1. The zero-order chi connectivity index (χ0) is 30.9. The molecule has 1 aliphatic rings. The van der Waals surface area contributed by atoms with Crippen LogP contribution in [0.4, 0.5) is 17.1 Å². The van der Waals surface area contributed by atoms with Crippen molar-refractivity contribution in [1.29, 1.82) is 0 Å². The Balaban J connectivity index is 1.22. The van der Waals surface area contributed by atoms with Crippen LogP contribution in [0.1, 0.15) is 0 Å². The van der Waals surface area contributed by atoms with Crippen LogP contribution in [-0.2, 0) is 0 Å². The molecule has 2 nitrogen and oxygen atoms in total. The maximum absolute atomic E-state index is 5.28. The summed E-state index contributed by atoms with van der Waals surface area (Å²) in [5, 5.41) is 6.16. The molecule has 0 fully saturated rings. The molecule has 1 aliphatic carbocycles. The van der Waals surface area contributed by atoms with Crippen LogP contribution >= 0.6 is 22.7 Å². The van der Waals surface area contributed by atoms with Crippen LogP contribution in [0.2, 0.25) is 0 Å². The summed E-state index contributed by atoms with van der Waals surface area (Å²) >= 11 is 3.65. The van der Waals surface area contributed by atoms with Crippen LogP contribution in [-0.4, -0.2) is 4.98 Å². The van der Waals surface area contributed by atoms with E-state index in [4.69, 9.17) is 4.98 Å². The van der Waals surface area contributed by atoms with Gasteiger partial charge in [-0.2, -0.15) is 0 Å². The van der Waals surface area contributed by atoms with Gasteiger partial charge < -0.3 is 4.90 Å². The fourth-order valence-electron chi connectivity index (χ4n) is 7.11. The Kier molecular flexibility index (Phi) is 5.95. The van der Waals surface area contributed by atoms with Gasteiger partial charge in [0.1, 0.15) is 5.01 Å². The van der Waals surface area contributed by atoms with Crippen LogP contribution in [0, 0.1) is 0 Å². The first-order valence-electron chi connectivity index (χ1n) is 15.8. The molecule has 2 aromatic heterocycles. The lowest BCUT2D eigenvalue weighted by Crippen LogP contribution is -2.10. The molecule has 0 radical (unpaired) electrons. The number of aromatic nitrogens is 1. The lowest BCUT2D eigenvalue weighted by molar-refractivity contribution is 1.30. The fourth-order valence-corrected chi connectivity index (χ4v) is 9.35. The molecule has 7 aromatic carbocycles. The normalized spacial score (nSPS) is 11.8. The van der Waals surface area contributed by atoms with Crippen molar-refractivity contribution < 1.29 is 0 Å². The van der Waals surface area contributed by atoms with Gasteiger partial charge in [0, 0.05) is 48.2 Å². The van der Waals surface area contributed by atoms with Crippen molar-refractivity contribution in [3.8, 4) is 43.4 Å². The van der Waals surface area contributed by atoms with Gasteiger partial charge in [-0.3, -0.25) is 0 Å². The summed E-state index contributed by atoms with van der Waals surface area (Å²) in [4.78, 5) is 8.98. The van der Waals surface area contributed by atoms with Crippen LogP contribution < -0.4 is 4.90 Å². The van der Waals surface area contributed by atoms with Gasteiger partial charge in [0.15, 0.2) is 0 Å². The van der Waals surface area contributed by atoms with Gasteiger partial charge in [-0.25, -0.2) is 4.98 Å². The average molecular weight is 635 g/mol. The van der Waals surface area contributed by atoms with Gasteiger partial charge in [-0.05, 0) is 64.4 Å². The highest BCUT2D eigenvalue weighted by Gasteiger charge is 2.28. The van der Waals surface area contributed by atoms with Crippen molar-refractivity contribution in [3.63, 3.8) is 0 Å². The van der Waals surface area contributed by atoms with Crippen molar-refractivity contribution in [3.05, 3.63) is 158 Å². The first-order chi connectivity index (χ1) is 23.3. The van der Waals surface area contributed by atoms with E-state index in [1.165, 1.54) is 63.8 Å². The Labute approximate surface area is 280 Å². The molecule has 0 atom stereocenters. The molecule has 0 saturated heterocycles. The first-order valence-corrected chi connectivity index (χ1v) is 17.4. The second kappa shape index (κ2) is 10.5. The maximum atomic E-state index is 5.28. The predicted molar refractivity (Wildman–Crippen MR) is 202 cm³/mol. The third-order valence-corrected chi connectivity index (χ3v) is 11.5. The molecule has 0 amide bonds. The highest BCUT2D eigenvalue weighted by atomic mass is 32.1. The highest BCUT2D eigenvalue weighted by molar-refractivity contribution is 7.26. The van der Waals surface area contributed by atoms with Crippen molar-refractivity contribution in [1.82, 2.24) is 4.98 Å². The Bertz CT molecular complexity index is 2620. The molecule has 0 bridgehead atoms. The molecular weight excluding hydrogens is 609 g/mol.